The van der Waals surface area contributed by atoms with Gasteiger partial charge in [-0.15, -0.1) is 0 Å². The highest BCUT2D eigenvalue weighted by atomic mass is 16.5. The number of benzene rings is 2. The minimum absolute atomic E-state index is 0.157. The average molecular weight is 323 g/mol. The summed E-state index contributed by atoms with van der Waals surface area (Å²) in [6.45, 7) is 0.982. The Bertz CT molecular complexity index is 670. The van der Waals surface area contributed by atoms with E-state index in [2.05, 4.69) is 59.5 Å². The van der Waals surface area contributed by atoms with Crippen LogP contribution in [0.1, 0.15) is 36.3 Å². The Labute approximate surface area is 143 Å². The minimum Gasteiger partial charge on any atom is -0.497 e. The SMILES string of the molecule is COc1ccc([C@@H]2C[C@H]3C[C@@H](O)C[C@@H]2N3Cc2ccccc2)cc1. The van der Waals surface area contributed by atoms with Crippen LogP contribution < -0.4 is 4.74 Å². The minimum atomic E-state index is -0.157. The summed E-state index contributed by atoms with van der Waals surface area (Å²) < 4.78 is 5.29. The van der Waals surface area contributed by atoms with Gasteiger partial charge in [-0.05, 0) is 42.5 Å². The Morgan fingerprint density at radius 3 is 2.46 bits per heavy atom. The Morgan fingerprint density at radius 2 is 1.75 bits per heavy atom. The zero-order chi connectivity index (χ0) is 16.5. The summed E-state index contributed by atoms with van der Waals surface area (Å²) in [5.74, 6) is 1.41. The lowest BCUT2D eigenvalue weighted by atomic mass is 9.89. The zero-order valence-corrected chi connectivity index (χ0v) is 14.1. The normalized spacial score (nSPS) is 29.6. The highest BCUT2D eigenvalue weighted by Gasteiger charge is 2.46. The van der Waals surface area contributed by atoms with E-state index < -0.39 is 0 Å². The van der Waals surface area contributed by atoms with Crippen LogP contribution in [0.25, 0.3) is 0 Å². The second kappa shape index (κ2) is 6.58. The standard InChI is InChI=1S/C21H25NO2/c1-24-19-9-7-16(8-10-19)20-12-17-11-18(23)13-21(20)22(17)14-15-5-3-2-4-6-15/h2-10,17-18,20-21,23H,11-14H2,1H3/t17-,18-,20+,21+/m1/s1. The molecule has 0 amide bonds. The maximum Gasteiger partial charge on any atom is 0.118 e. The molecule has 3 heteroatoms. The first kappa shape index (κ1) is 15.7. The molecule has 2 aromatic carbocycles. The summed E-state index contributed by atoms with van der Waals surface area (Å²) in [5, 5.41) is 10.3. The van der Waals surface area contributed by atoms with Gasteiger partial charge in [-0.25, -0.2) is 0 Å². The van der Waals surface area contributed by atoms with Crippen LogP contribution in [-0.2, 0) is 6.54 Å². The molecule has 4 rings (SSSR count). The molecule has 4 atom stereocenters. The summed E-state index contributed by atoms with van der Waals surface area (Å²) in [6, 6.07) is 20.1. The van der Waals surface area contributed by atoms with E-state index in [0.29, 0.717) is 18.0 Å². The van der Waals surface area contributed by atoms with Gasteiger partial charge in [0.05, 0.1) is 13.2 Å². The Balaban J connectivity index is 1.58. The smallest absolute Gasteiger partial charge is 0.118 e. The second-order valence-electron chi connectivity index (χ2n) is 7.12. The van der Waals surface area contributed by atoms with E-state index in [0.717, 1.165) is 31.6 Å². The Hall–Kier alpha value is -1.84. The molecule has 126 valence electrons. The molecule has 0 saturated carbocycles. The number of hydrogen-bond acceptors (Lipinski definition) is 3. The fraction of sp³-hybridized carbons (Fsp3) is 0.429. The molecular weight excluding hydrogens is 298 g/mol. The topological polar surface area (TPSA) is 32.7 Å². The summed E-state index contributed by atoms with van der Waals surface area (Å²) >= 11 is 0. The lowest BCUT2D eigenvalue weighted by molar-refractivity contribution is 0.0287. The number of aliphatic hydroxyl groups is 1. The summed E-state index contributed by atoms with van der Waals surface area (Å²) in [6.07, 6.45) is 2.76. The fourth-order valence-electron chi connectivity index (χ4n) is 4.56. The molecule has 2 saturated heterocycles. The Morgan fingerprint density at radius 1 is 1.00 bits per heavy atom. The van der Waals surface area contributed by atoms with Crippen molar-refractivity contribution < 1.29 is 9.84 Å². The summed E-state index contributed by atoms with van der Waals surface area (Å²) in [7, 11) is 1.70. The van der Waals surface area contributed by atoms with Crippen LogP contribution in [0, 0.1) is 0 Å². The third-order valence-corrected chi connectivity index (χ3v) is 5.70. The number of ether oxygens (including phenoxy) is 1. The monoisotopic (exact) mass is 323 g/mol. The van der Waals surface area contributed by atoms with Gasteiger partial charge >= 0.3 is 0 Å². The van der Waals surface area contributed by atoms with Gasteiger partial charge in [0.2, 0.25) is 0 Å². The van der Waals surface area contributed by atoms with E-state index in [1.165, 1.54) is 11.1 Å². The molecule has 1 N–H and O–H groups in total. The van der Waals surface area contributed by atoms with Crippen molar-refractivity contribution in [2.24, 2.45) is 0 Å². The molecule has 2 aromatic rings. The van der Waals surface area contributed by atoms with Crippen LogP contribution in [-0.4, -0.2) is 35.3 Å². The van der Waals surface area contributed by atoms with E-state index in [1.54, 1.807) is 7.11 Å². The molecule has 3 nitrogen and oxygen atoms in total. The highest BCUT2D eigenvalue weighted by Crippen LogP contribution is 2.45. The molecule has 24 heavy (non-hydrogen) atoms. The van der Waals surface area contributed by atoms with Crippen molar-refractivity contribution in [2.45, 2.75) is 49.9 Å². The lowest BCUT2D eigenvalue weighted by Gasteiger charge is -2.38. The van der Waals surface area contributed by atoms with Gasteiger partial charge in [-0.3, -0.25) is 4.90 Å². The van der Waals surface area contributed by atoms with Crippen molar-refractivity contribution in [3.63, 3.8) is 0 Å². The van der Waals surface area contributed by atoms with Crippen molar-refractivity contribution in [1.82, 2.24) is 4.90 Å². The summed E-state index contributed by atoms with van der Waals surface area (Å²) in [5.41, 5.74) is 2.73. The highest BCUT2D eigenvalue weighted by molar-refractivity contribution is 5.32. The van der Waals surface area contributed by atoms with Crippen LogP contribution in [0.4, 0.5) is 0 Å². The quantitative estimate of drug-likeness (QED) is 0.933. The molecule has 0 radical (unpaired) electrons. The van der Waals surface area contributed by atoms with Crippen LogP contribution >= 0.6 is 0 Å². The lowest BCUT2D eigenvalue weighted by Crippen LogP contribution is -2.45. The van der Waals surface area contributed by atoms with Crippen molar-refractivity contribution in [3.8, 4) is 5.75 Å². The number of methoxy groups -OCH3 is 1. The predicted molar refractivity (Wildman–Crippen MR) is 95.2 cm³/mol. The third kappa shape index (κ3) is 2.94. The van der Waals surface area contributed by atoms with Crippen molar-refractivity contribution >= 4 is 0 Å². The largest absolute Gasteiger partial charge is 0.497 e. The van der Waals surface area contributed by atoms with Gasteiger partial charge in [0.25, 0.3) is 0 Å². The molecule has 2 fully saturated rings. The van der Waals surface area contributed by atoms with Crippen molar-refractivity contribution in [1.29, 1.82) is 0 Å². The van der Waals surface area contributed by atoms with E-state index in [1.807, 2.05) is 0 Å². The first-order valence-electron chi connectivity index (χ1n) is 8.86. The molecule has 2 aliphatic rings. The van der Waals surface area contributed by atoms with Crippen LogP contribution in [0.2, 0.25) is 0 Å². The first-order valence-corrected chi connectivity index (χ1v) is 8.86. The van der Waals surface area contributed by atoms with Gasteiger partial charge < -0.3 is 9.84 Å². The van der Waals surface area contributed by atoms with Gasteiger partial charge in [0, 0.05) is 24.5 Å². The average Bonchev–Trinajstić information content (AvgIpc) is 2.82. The third-order valence-electron chi connectivity index (χ3n) is 5.70. The van der Waals surface area contributed by atoms with Gasteiger partial charge in [-0.2, -0.15) is 0 Å². The van der Waals surface area contributed by atoms with Crippen molar-refractivity contribution in [3.05, 3.63) is 65.7 Å². The van der Waals surface area contributed by atoms with Gasteiger partial charge in [-0.1, -0.05) is 42.5 Å². The molecule has 0 spiro atoms. The number of nitrogens with zero attached hydrogens (tertiary/aromatic N) is 1. The van der Waals surface area contributed by atoms with E-state index >= 15 is 0 Å². The van der Waals surface area contributed by atoms with Gasteiger partial charge in [0.1, 0.15) is 5.75 Å². The summed E-state index contributed by atoms with van der Waals surface area (Å²) in [4.78, 5) is 2.62. The van der Waals surface area contributed by atoms with Gasteiger partial charge in [0.15, 0.2) is 0 Å². The number of hydrogen-bond donors (Lipinski definition) is 1. The molecule has 2 aliphatic heterocycles. The van der Waals surface area contributed by atoms with E-state index in [4.69, 9.17) is 4.74 Å². The number of piperidine rings is 1. The molecule has 0 unspecified atom stereocenters. The fourth-order valence-corrected chi connectivity index (χ4v) is 4.56. The van der Waals surface area contributed by atoms with Crippen molar-refractivity contribution in [2.75, 3.05) is 7.11 Å². The van der Waals surface area contributed by atoms with Crippen LogP contribution in [0.15, 0.2) is 54.6 Å². The number of fused-ring (bicyclic) bond motifs is 2. The maximum absolute atomic E-state index is 10.3. The van der Waals surface area contributed by atoms with E-state index in [-0.39, 0.29) is 6.10 Å². The molecule has 0 aromatic heterocycles. The van der Waals surface area contributed by atoms with Crippen LogP contribution in [0.5, 0.6) is 5.75 Å². The van der Waals surface area contributed by atoms with E-state index in [9.17, 15) is 5.11 Å². The Kier molecular flexibility index (Phi) is 4.30. The first-order chi connectivity index (χ1) is 11.7. The molecule has 2 bridgehead atoms. The zero-order valence-electron chi connectivity index (χ0n) is 14.1. The van der Waals surface area contributed by atoms with Crippen LogP contribution in [0.3, 0.4) is 0 Å². The molecule has 0 aliphatic carbocycles. The maximum atomic E-state index is 10.3. The molecular formula is C21H25NO2. The predicted octanol–water partition coefficient (Wildman–Crippen LogP) is 3.58. The number of aliphatic hydroxyl groups excluding tert-OH is 1. The number of rotatable bonds is 4. The molecule has 2 heterocycles. The second-order valence-corrected chi connectivity index (χ2v) is 7.12.